The Balaban J connectivity index is 1.32. The molecule has 2 N–H and O–H groups in total. The van der Waals surface area contributed by atoms with Crippen molar-refractivity contribution in [2.45, 2.75) is 164 Å². The number of carbonyl (C=O) groups is 1. The summed E-state index contributed by atoms with van der Waals surface area (Å²) in [6, 6.07) is 0. The maximum absolute atomic E-state index is 14.2. The molecule has 252 valence electrons. The lowest BCUT2D eigenvalue weighted by molar-refractivity contribution is -0.206. The lowest BCUT2D eigenvalue weighted by Crippen LogP contribution is -2.65. The molecule has 4 nitrogen and oxygen atoms in total. The minimum Gasteiger partial charge on any atom is -0.465 e. The van der Waals surface area contributed by atoms with E-state index in [0.29, 0.717) is 24.4 Å². The number of hydrogen-bond acceptors (Lipinski definition) is 4. The Morgan fingerprint density at radius 1 is 0.864 bits per heavy atom. The second kappa shape index (κ2) is 12.6. The second-order valence-corrected chi connectivity index (χ2v) is 18.4. The van der Waals surface area contributed by atoms with Gasteiger partial charge < -0.3 is 15.2 Å². The van der Waals surface area contributed by atoms with Crippen LogP contribution in [0.3, 0.4) is 0 Å². The Bertz CT molecular complexity index is 1060. The number of aliphatic hydroxyl groups excluding tert-OH is 1. The molecule has 0 saturated heterocycles. The minimum absolute atomic E-state index is 0.0242. The lowest BCUT2D eigenvalue weighted by atomic mass is 9.33. The number of ether oxygens (including phenoxy) is 1. The van der Waals surface area contributed by atoms with Crippen LogP contribution >= 0.6 is 0 Å². The van der Waals surface area contributed by atoms with Crippen LogP contribution in [0.2, 0.25) is 0 Å². The number of unbranched alkanes of at least 4 members (excludes halogenated alkanes) is 4. The summed E-state index contributed by atoms with van der Waals surface area (Å²) in [6.07, 6.45) is 20.5. The highest BCUT2D eigenvalue weighted by molar-refractivity contribution is 5.78. The van der Waals surface area contributed by atoms with Crippen molar-refractivity contribution in [1.82, 2.24) is 5.32 Å². The summed E-state index contributed by atoms with van der Waals surface area (Å²) in [5, 5.41) is 14.6. The third-order valence-corrected chi connectivity index (χ3v) is 15.2. The van der Waals surface area contributed by atoms with Gasteiger partial charge in [-0.1, -0.05) is 86.3 Å². The molecule has 0 heterocycles. The fraction of sp³-hybridized carbons (Fsp3) is 0.925. The zero-order chi connectivity index (χ0) is 32.0. The molecule has 0 unspecified atom stereocenters. The molecule has 5 aliphatic rings. The van der Waals surface area contributed by atoms with E-state index in [4.69, 9.17) is 4.74 Å². The molecule has 0 bridgehead atoms. The maximum Gasteiger partial charge on any atom is 0.312 e. The van der Waals surface area contributed by atoms with Gasteiger partial charge in [-0.2, -0.15) is 0 Å². The molecule has 0 aromatic heterocycles. The van der Waals surface area contributed by atoms with Crippen molar-refractivity contribution >= 4 is 5.97 Å². The SMILES string of the molecule is CCCCNCCCCCCOC(=O)[C@]12CCC(C)(C)C[C@H]1C1=CC[C@@H]3[C@@]4(C)CC[C@H](O)C(C)(C)[C@@H]4CC[C@@]3(C)[C@]1(C)CC2. The highest BCUT2D eigenvalue weighted by Gasteiger charge is 2.69. The van der Waals surface area contributed by atoms with Crippen LogP contribution in [0.15, 0.2) is 11.6 Å². The maximum atomic E-state index is 14.2. The van der Waals surface area contributed by atoms with E-state index < -0.39 is 0 Å². The number of rotatable bonds is 11. The first-order valence-electron chi connectivity index (χ1n) is 18.9. The molecular weight excluding hydrogens is 542 g/mol. The fourth-order valence-corrected chi connectivity index (χ4v) is 12.0. The van der Waals surface area contributed by atoms with E-state index in [1.54, 1.807) is 5.57 Å². The Kier molecular flexibility index (Phi) is 9.89. The number of allylic oxidation sites excluding steroid dienone is 2. The Morgan fingerprint density at radius 2 is 1.57 bits per heavy atom. The predicted octanol–water partition coefficient (Wildman–Crippen LogP) is 9.64. The molecule has 0 amide bonds. The molecule has 0 spiro atoms. The third kappa shape index (κ3) is 5.67. The van der Waals surface area contributed by atoms with Crippen LogP contribution in [0, 0.1) is 50.2 Å². The van der Waals surface area contributed by atoms with Crippen LogP contribution in [0.5, 0.6) is 0 Å². The van der Waals surface area contributed by atoms with E-state index in [-0.39, 0.29) is 44.6 Å². The Labute approximate surface area is 271 Å². The molecule has 4 fully saturated rings. The summed E-state index contributed by atoms with van der Waals surface area (Å²) < 4.78 is 6.23. The molecule has 44 heavy (non-hydrogen) atoms. The van der Waals surface area contributed by atoms with Gasteiger partial charge in [0.1, 0.15) is 0 Å². The molecule has 8 atom stereocenters. The average Bonchev–Trinajstić information content (AvgIpc) is 2.96. The fourth-order valence-electron chi connectivity index (χ4n) is 12.0. The van der Waals surface area contributed by atoms with Crippen LogP contribution in [-0.4, -0.2) is 36.9 Å². The Morgan fingerprint density at radius 3 is 2.32 bits per heavy atom. The van der Waals surface area contributed by atoms with Crippen molar-refractivity contribution in [2.75, 3.05) is 19.7 Å². The standard InChI is InChI=1S/C40H69NO3/c1-9-10-25-41-26-13-11-12-14-27-44-34(43)40-23-21-35(2,3)28-30(40)29-15-16-32-37(6)19-18-33(42)36(4,5)31(37)17-20-39(32,8)38(29,7)22-24-40/h15,30-33,41-42H,9-14,16-28H2,1-8H3/t30-,31-,32+,33-,37-,38+,39+,40-/m0/s1. The van der Waals surface area contributed by atoms with Crippen molar-refractivity contribution in [3.63, 3.8) is 0 Å². The van der Waals surface area contributed by atoms with Gasteiger partial charge >= 0.3 is 5.97 Å². The number of nitrogens with one attached hydrogen (secondary N) is 1. The molecule has 4 heteroatoms. The van der Waals surface area contributed by atoms with Crippen molar-refractivity contribution in [2.24, 2.45) is 50.2 Å². The van der Waals surface area contributed by atoms with E-state index >= 15 is 0 Å². The van der Waals surface area contributed by atoms with Crippen LogP contribution in [-0.2, 0) is 9.53 Å². The minimum atomic E-state index is -0.342. The van der Waals surface area contributed by atoms with Gasteiger partial charge in [-0.05, 0) is 141 Å². The lowest BCUT2D eigenvalue weighted by Gasteiger charge is -2.71. The molecule has 0 radical (unpaired) electrons. The van der Waals surface area contributed by atoms with Gasteiger partial charge in [-0.3, -0.25) is 4.79 Å². The van der Waals surface area contributed by atoms with Crippen LogP contribution in [0.1, 0.15) is 158 Å². The van der Waals surface area contributed by atoms with Crippen molar-refractivity contribution in [1.29, 1.82) is 0 Å². The molecular formula is C40H69NO3. The monoisotopic (exact) mass is 612 g/mol. The molecule has 5 aliphatic carbocycles. The van der Waals surface area contributed by atoms with E-state index in [0.717, 1.165) is 77.3 Å². The molecule has 0 aromatic rings. The molecule has 5 rings (SSSR count). The number of aliphatic hydroxyl groups is 1. The summed E-state index contributed by atoms with van der Waals surface area (Å²) in [5.74, 6) is 1.62. The largest absolute Gasteiger partial charge is 0.465 e. The van der Waals surface area contributed by atoms with Gasteiger partial charge in [-0.15, -0.1) is 0 Å². The summed E-state index contributed by atoms with van der Waals surface area (Å²) in [6.45, 7) is 22.4. The van der Waals surface area contributed by atoms with Gasteiger partial charge in [0.05, 0.1) is 18.1 Å². The van der Waals surface area contributed by atoms with Gasteiger partial charge in [-0.25, -0.2) is 0 Å². The normalized spacial score (nSPS) is 42.2. The number of esters is 1. The van der Waals surface area contributed by atoms with Gasteiger partial charge in [0, 0.05) is 0 Å². The first kappa shape index (κ1) is 34.5. The number of hydrogen-bond donors (Lipinski definition) is 2. The van der Waals surface area contributed by atoms with Gasteiger partial charge in [0.2, 0.25) is 0 Å². The topological polar surface area (TPSA) is 58.6 Å². The average molecular weight is 612 g/mol. The summed E-state index contributed by atoms with van der Waals surface area (Å²) >= 11 is 0. The molecule has 0 aromatic carbocycles. The van der Waals surface area contributed by atoms with Gasteiger partial charge in [0.15, 0.2) is 0 Å². The third-order valence-electron chi connectivity index (χ3n) is 15.2. The number of fused-ring (bicyclic) bond motifs is 7. The first-order chi connectivity index (χ1) is 20.7. The van der Waals surface area contributed by atoms with E-state index in [1.807, 2.05) is 0 Å². The van der Waals surface area contributed by atoms with Crippen LogP contribution in [0.25, 0.3) is 0 Å². The predicted molar refractivity (Wildman–Crippen MR) is 182 cm³/mol. The van der Waals surface area contributed by atoms with E-state index in [1.165, 1.54) is 38.5 Å². The highest BCUT2D eigenvalue weighted by atomic mass is 16.5. The zero-order valence-corrected chi connectivity index (χ0v) is 30.1. The van der Waals surface area contributed by atoms with E-state index in [9.17, 15) is 9.90 Å². The first-order valence-corrected chi connectivity index (χ1v) is 18.9. The number of carbonyl (C=O) groups excluding carboxylic acids is 1. The van der Waals surface area contributed by atoms with Crippen molar-refractivity contribution < 1.29 is 14.6 Å². The molecule has 0 aliphatic heterocycles. The van der Waals surface area contributed by atoms with Crippen molar-refractivity contribution in [3.05, 3.63) is 11.6 Å². The summed E-state index contributed by atoms with van der Waals surface area (Å²) in [7, 11) is 0. The smallest absolute Gasteiger partial charge is 0.312 e. The second-order valence-electron chi connectivity index (χ2n) is 18.4. The molecule has 4 saturated carbocycles. The summed E-state index contributed by atoms with van der Waals surface area (Å²) in [4.78, 5) is 14.2. The highest BCUT2D eigenvalue weighted by Crippen LogP contribution is 2.75. The van der Waals surface area contributed by atoms with E-state index in [2.05, 4.69) is 66.8 Å². The Hall–Kier alpha value is -0.870. The zero-order valence-electron chi connectivity index (χ0n) is 30.1. The summed E-state index contributed by atoms with van der Waals surface area (Å²) in [5.41, 5.74) is 2.12. The van der Waals surface area contributed by atoms with Crippen molar-refractivity contribution in [3.8, 4) is 0 Å². The quantitative estimate of drug-likeness (QED) is 0.139. The van der Waals surface area contributed by atoms with Gasteiger partial charge in [0.25, 0.3) is 0 Å². The van der Waals surface area contributed by atoms with Crippen LogP contribution in [0.4, 0.5) is 0 Å². The van der Waals surface area contributed by atoms with Crippen LogP contribution < -0.4 is 5.32 Å².